The van der Waals surface area contributed by atoms with Crippen molar-refractivity contribution in [1.29, 1.82) is 0 Å². The number of ether oxygens (including phenoxy) is 4. The lowest BCUT2D eigenvalue weighted by Gasteiger charge is -2.31. The molecule has 0 aromatic heterocycles. The summed E-state index contributed by atoms with van der Waals surface area (Å²) in [5.74, 6) is 0.702. The van der Waals surface area contributed by atoms with Gasteiger partial charge in [-0.3, -0.25) is 4.90 Å². The zero-order valence-electron chi connectivity index (χ0n) is 21.3. The Bertz CT molecular complexity index is 1130. The van der Waals surface area contributed by atoms with Gasteiger partial charge in [0.15, 0.2) is 34.6 Å². The van der Waals surface area contributed by atoms with Gasteiger partial charge in [-0.1, -0.05) is 56.3 Å². The second-order valence-electron chi connectivity index (χ2n) is 8.86. The highest BCUT2D eigenvalue weighted by Crippen LogP contribution is 2.35. The molecule has 6 nitrogen and oxygen atoms in total. The predicted molar refractivity (Wildman–Crippen MR) is 139 cm³/mol. The molecule has 0 fully saturated rings. The van der Waals surface area contributed by atoms with Crippen molar-refractivity contribution in [3.63, 3.8) is 0 Å². The van der Waals surface area contributed by atoms with Crippen molar-refractivity contribution in [2.75, 3.05) is 39.4 Å². The lowest BCUT2D eigenvalue weighted by Crippen LogP contribution is -2.40. The number of hydrogen-bond acceptors (Lipinski definition) is 6. The third-order valence-corrected chi connectivity index (χ3v) is 6.06. The largest absolute Gasteiger partial charge is 0.486 e. The molecule has 0 aliphatic carbocycles. The van der Waals surface area contributed by atoms with E-state index in [2.05, 4.69) is 29.3 Å². The minimum atomic E-state index is -0.367. The van der Waals surface area contributed by atoms with E-state index in [4.69, 9.17) is 18.9 Å². The van der Waals surface area contributed by atoms with E-state index in [-0.39, 0.29) is 35.3 Å². The van der Waals surface area contributed by atoms with E-state index in [1.165, 1.54) is 17.7 Å². The van der Waals surface area contributed by atoms with Gasteiger partial charge in [-0.2, -0.15) is 0 Å². The van der Waals surface area contributed by atoms with Crippen LogP contribution in [0, 0.1) is 11.6 Å². The summed E-state index contributed by atoms with van der Waals surface area (Å²) in [6, 6.07) is 19.8. The Labute approximate surface area is 217 Å². The molecular weight excluding hydrogens is 478 g/mol. The van der Waals surface area contributed by atoms with E-state index in [1.807, 2.05) is 25.1 Å². The number of rotatable bonds is 8. The number of nitrogens with one attached hydrogen (secondary N) is 1. The Hall–Kier alpha value is -3.36. The summed E-state index contributed by atoms with van der Waals surface area (Å²) in [7, 11) is 0. The van der Waals surface area contributed by atoms with Gasteiger partial charge in [0, 0.05) is 19.6 Å². The van der Waals surface area contributed by atoms with Crippen LogP contribution in [-0.4, -0.2) is 56.5 Å². The van der Waals surface area contributed by atoms with Gasteiger partial charge < -0.3 is 24.3 Å². The zero-order chi connectivity index (χ0) is 26.0. The highest BCUT2D eigenvalue weighted by Gasteiger charge is 2.25. The number of nitrogens with zero attached hydrogens (tertiary/aromatic N) is 1. The maximum atomic E-state index is 13.8. The van der Waals surface area contributed by atoms with Crippen LogP contribution < -0.4 is 24.3 Å². The molecule has 2 heterocycles. The van der Waals surface area contributed by atoms with Crippen molar-refractivity contribution in [3.05, 3.63) is 83.9 Å². The molecular formula is C29H34F2N2O4. The SMILES string of the molecule is CCN(Cc1ccccc1)C[C@H]1COc2cccc(F)c2O1.CCNC[C@H]1COc2cccc(F)c2O1. The van der Waals surface area contributed by atoms with Crippen LogP contribution in [-0.2, 0) is 6.54 Å². The normalized spacial score (nSPS) is 17.6. The first kappa shape index (κ1) is 26.7. The highest BCUT2D eigenvalue weighted by atomic mass is 19.1. The zero-order valence-corrected chi connectivity index (χ0v) is 21.3. The van der Waals surface area contributed by atoms with Crippen LogP contribution in [0.5, 0.6) is 23.0 Å². The van der Waals surface area contributed by atoms with Gasteiger partial charge in [0.1, 0.15) is 25.4 Å². The molecule has 8 heteroatoms. The van der Waals surface area contributed by atoms with Crippen molar-refractivity contribution in [2.45, 2.75) is 32.6 Å². The smallest absolute Gasteiger partial charge is 0.197 e. The number of para-hydroxylation sites is 2. The van der Waals surface area contributed by atoms with Crippen LogP contribution in [0.2, 0.25) is 0 Å². The Morgan fingerprint density at radius 2 is 1.38 bits per heavy atom. The van der Waals surface area contributed by atoms with Crippen molar-refractivity contribution < 1.29 is 27.7 Å². The van der Waals surface area contributed by atoms with E-state index in [1.54, 1.807) is 24.3 Å². The van der Waals surface area contributed by atoms with Gasteiger partial charge in [0.2, 0.25) is 0 Å². The van der Waals surface area contributed by atoms with Crippen LogP contribution in [0.1, 0.15) is 19.4 Å². The number of fused-ring (bicyclic) bond motifs is 2. The van der Waals surface area contributed by atoms with Gasteiger partial charge in [-0.15, -0.1) is 0 Å². The molecule has 2 atom stereocenters. The number of likely N-dealkylation sites (N-methyl/N-ethyl adjacent to an activating group) is 2. The second kappa shape index (κ2) is 13.3. The topological polar surface area (TPSA) is 52.2 Å². The predicted octanol–water partition coefficient (Wildman–Crippen LogP) is 5.06. The van der Waals surface area contributed by atoms with Crippen molar-refractivity contribution >= 4 is 0 Å². The third kappa shape index (κ3) is 7.33. The molecule has 0 spiro atoms. The Balaban J connectivity index is 0.000000186. The molecule has 0 saturated carbocycles. The third-order valence-electron chi connectivity index (χ3n) is 6.06. The summed E-state index contributed by atoms with van der Waals surface area (Å²) in [6.45, 7) is 9.03. The van der Waals surface area contributed by atoms with E-state index in [0.717, 1.165) is 19.6 Å². The van der Waals surface area contributed by atoms with Gasteiger partial charge >= 0.3 is 0 Å². The summed E-state index contributed by atoms with van der Waals surface area (Å²) in [4.78, 5) is 2.27. The molecule has 2 aliphatic heterocycles. The molecule has 0 saturated heterocycles. The molecule has 0 unspecified atom stereocenters. The molecule has 1 N–H and O–H groups in total. The van der Waals surface area contributed by atoms with Crippen molar-refractivity contribution in [3.8, 4) is 23.0 Å². The molecule has 0 bridgehead atoms. The van der Waals surface area contributed by atoms with E-state index < -0.39 is 0 Å². The first-order valence-corrected chi connectivity index (χ1v) is 12.7. The fourth-order valence-corrected chi connectivity index (χ4v) is 4.13. The molecule has 0 radical (unpaired) electrons. The maximum Gasteiger partial charge on any atom is 0.197 e. The maximum absolute atomic E-state index is 13.8. The average molecular weight is 513 g/mol. The molecule has 198 valence electrons. The quantitative estimate of drug-likeness (QED) is 0.455. The van der Waals surface area contributed by atoms with Crippen LogP contribution in [0.3, 0.4) is 0 Å². The molecule has 37 heavy (non-hydrogen) atoms. The fraction of sp³-hybridized carbons (Fsp3) is 0.379. The first-order valence-electron chi connectivity index (χ1n) is 12.7. The van der Waals surface area contributed by atoms with Gasteiger partial charge in [0.25, 0.3) is 0 Å². The highest BCUT2D eigenvalue weighted by molar-refractivity contribution is 5.43. The lowest BCUT2D eigenvalue weighted by atomic mass is 10.2. The van der Waals surface area contributed by atoms with Gasteiger partial charge in [-0.05, 0) is 42.9 Å². The summed E-state index contributed by atoms with van der Waals surface area (Å²) < 4.78 is 49.5. The van der Waals surface area contributed by atoms with E-state index in [0.29, 0.717) is 37.8 Å². The van der Waals surface area contributed by atoms with Gasteiger partial charge in [0.05, 0.1) is 0 Å². The molecule has 3 aromatic rings. The van der Waals surface area contributed by atoms with Crippen molar-refractivity contribution in [2.24, 2.45) is 0 Å². The molecule has 3 aromatic carbocycles. The average Bonchev–Trinajstić information content (AvgIpc) is 2.93. The van der Waals surface area contributed by atoms with Crippen LogP contribution in [0.15, 0.2) is 66.7 Å². The Kier molecular flexibility index (Phi) is 9.57. The lowest BCUT2D eigenvalue weighted by molar-refractivity contribution is 0.0539. The fourth-order valence-electron chi connectivity index (χ4n) is 4.13. The minimum absolute atomic E-state index is 0.116. The van der Waals surface area contributed by atoms with Crippen LogP contribution in [0.25, 0.3) is 0 Å². The summed E-state index contributed by atoms with van der Waals surface area (Å²) in [5.41, 5.74) is 1.26. The number of hydrogen-bond donors (Lipinski definition) is 1. The second-order valence-corrected chi connectivity index (χ2v) is 8.86. The van der Waals surface area contributed by atoms with E-state index >= 15 is 0 Å². The number of halogens is 2. The van der Waals surface area contributed by atoms with Crippen LogP contribution in [0.4, 0.5) is 8.78 Å². The standard InChI is InChI=1S/C18H20FNO2.C11H14FNO2/c1-2-20(11-14-7-4-3-5-8-14)12-15-13-21-17-10-6-9-16(19)18(17)22-15;1-2-13-6-8-7-14-10-5-3-4-9(12)11(10)15-8/h3-10,15H,2,11-13H2,1H3;3-5,8,13H,2,6-7H2,1H3/t15-;8-/m00/s1. The Morgan fingerprint density at radius 1 is 0.784 bits per heavy atom. The van der Waals surface area contributed by atoms with Gasteiger partial charge in [-0.25, -0.2) is 8.78 Å². The Morgan fingerprint density at radius 3 is 1.97 bits per heavy atom. The summed E-state index contributed by atoms with van der Waals surface area (Å²) >= 11 is 0. The minimum Gasteiger partial charge on any atom is -0.486 e. The molecule has 0 amide bonds. The van der Waals surface area contributed by atoms with Crippen LogP contribution >= 0.6 is 0 Å². The summed E-state index contributed by atoms with van der Waals surface area (Å²) in [6.07, 6.45) is -0.276. The summed E-state index contributed by atoms with van der Waals surface area (Å²) in [5, 5.41) is 3.14. The number of benzene rings is 3. The molecule has 2 aliphatic rings. The van der Waals surface area contributed by atoms with Crippen molar-refractivity contribution in [1.82, 2.24) is 10.2 Å². The monoisotopic (exact) mass is 512 g/mol. The molecule has 5 rings (SSSR count). The first-order chi connectivity index (χ1) is 18.1. The van der Waals surface area contributed by atoms with E-state index in [9.17, 15) is 8.78 Å².